The van der Waals surface area contributed by atoms with Gasteiger partial charge in [0.25, 0.3) is 0 Å². The number of esters is 1. The fourth-order valence-electron chi connectivity index (χ4n) is 3.71. The summed E-state index contributed by atoms with van der Waals surface area (Å²) in [4.78, 5) is 25.3. The van der Waals surface area contributed by atoms with Crippen LogP contribution in [0.3, 0.4) is 0 Å². The Morgan fingerprint density at radius 2 is 2.05 bits per heavy atom. The van der Waals surface area contributed by atoms with Crippen LogP contribution in [-0.2, 0) is 23.0 Å². The number of aromatic nitrogens is 1. The molecule has 2 aliphatic rings. The average Bonchev–Trinajstić information content (AvgIpc) is 2.91. The molecule has 2 heterocycles. The fraction of sp³-hybridized carbons (Fsp3) is 0.294. The molecule has 1 aliphatic carbocycles. The highest BCUT2D eigenvalue weighted by molar-refractivity contribution is 6.20. The maximum absolute atomic E-state index is 13.1. The molecule has 2 aromatic rings. The number of allylic oxidation sites excluding steroid dienone is 1. The van der Waals surface area contributed by atoms with E-state index in [1.165, 1.54) is 0 Å². The molecule has 1 unspecified atom stereocenters. The Bertz CT molecular complexity index is 830. The van der Waals surface area contributed by atoms with E-state index in [-0.39, 0.29) is 5.78 Å². The Labute approximate surface area is 122 Å². The van der Waals surface area contributed by atoms with E-state index in [0.29, 0.717) is 30.6 Å². The van der Waals surface area contributed by atoms with Crippen LogP contribution in [0.5, 0.6) is 0 Å². The van der Waals surface area contributed by atoms with Crippen molar-refractivity contribution >= 4 is 22.7 Å². The highest BCUT2D eigenvalue weighted by Gasteiger charge is 2.55. The number of ether oxygens (including phenoxy) is 1. The first-order chi connectivity index (χ1) is 10.0. The molecule has 0 N–H and O–H groups in total. The highest BCUT2D eigenvalue weighted by Crippen LogP contribution is 2.47. The maximum Gasteiger partial charge on any atom is 0.325 e. The maximum atomic E-state index is 13.1. The van der Waals surface area contributed by atoms with Crippen molar-refractivity contribution in [3.63, 3.8) is 0 Å². The Kier molecular flexibility index (Phi) is 2.27. The SMILES string of the molecule is C=C1CC2(CCc3c(c4ccccc4n3C)C2=O)C(=O)O1. The predicted octanol–water partition coefficient (Wildman–Crippen LogP) is 2.75. The number of nitrogens with zero attached hydrogens (tertiary/aromatic N) is 1. The summed E-state index contributed by atoms with van der Waals surface area (Å²) in [5.41, 5.74) is 1.68. The molecular formula is C17H15NO3. The normalized spacial score (nSPS) is 24.7. The van der Waals surface area contributed by atoms with E-state index in [4.69, 9.17) is 4.74 Å². The lowest BCUT2D eigenvalue weighted by molar-refractivity contribution is -0.142. The number of cyclic esters (lactones) is 1. The van der Waals surface area contributed by atoms with Crippen molar-refractivity contribution in [3.05, 3.63) is 47.9 Å². The number of para-hydroxylation sites is 1. The van der Waals surface area contributed by atoms with E-state index in [2.05, 4.69) is 11.1 Å². The van der Waals surface area contributed by atoms with Crippen LogP contribution in [0.25, 0.3) is 10.9 Å². The number of hydrogen-bond acceptors (Lipinski definition) is 3. The number of benzene rings is 1. The summed E-state index contributed by atoms with van der Waals surface area (Å²) >= 11 is 0. The lowest BCUT2D eigenvalue weighted by Crippen LogP contribution is -2.40. The topological polar surface area (TPSA) is 48.3 Å². The minimum Gasteiger partial charge on any atom is -0.431 e. The average molecular weight is 281 g/mol. The van der Waals surface area contributed by atoms with Crippen LogP contribution in [0.2, 0.25) is 0 Å². The summed E-state index contributed by atoms with van der Waals surface area (Å²) in [6.45, 7) is 3.71. The highest BCUT2D eigenvalue weighted by atomic mass is 16.5. The molecule has 4 nitrogen and oxygen atoms in total. The summed E-state index contributed by atoms with van der Waals surface area (Å²) in [7, 11) is 1.97. The van der Waals surface area contributed by atoms with Gasteiger partial charge in [0.15, 0.2) is 5.78 Å². The van der Waals surface area contributed by atoms with Crippen LogP contribution in [0.4, 0.5) is 0 Å². The zero-order valence-corrected chi connectivity index (χ0v) is 11.8. The molecule has 1 aromatic carbocycles. The van der Waals surface area contributed by atoms with Gasteiger partial charge in [-0.1, -0.05) is 24.8 Å². The number of Topliss-reactive ketones (excluding diaryl/α,β-unsaturated/α-hetero) is 1. The Hall–Kier alpha value is -2.36. The van der Waals surface area contributed by atoms with Crippen molar-refractivity contribution in [3.8, 4) is 0 Å². The number of rotatable bonds is 0. The minimum absolute atomic E-state index is 0.107. The van der Waals surface area contributed by atoms with Crippen molar-refractivity contribution in [2.75, 3.05) is 0 Å². The molecule has 0 bridgehead atoms. The van der Waals surface area contributed by atoms with Crippen LogP contribution in [0, 0.1) is 5.41 Å². The van der Waals surface area contributed by atoms with Gasteiger partial charge < -0.3 is 9.30 Å². The molecule has 4 rings (SSSR count). The van der Waals surface area contributed by atoms with E-state index < -0.39 is 11.4 Å². The van der Waals surface area contributed by atoms with E-state index in [0.717, 1.165) is 16.6 Å². The van der Waals surface area contributed by atoms with Gasteiger partial charge >= 0.3 is 5.97 Å². The molecule has 1 fully saturated rings. The quantitative estimate of drug-likeness (QED) is 0.551. The van der Waals surface area contributed by atoms with Crippen molar-refractivity contribution in [1.82, 2.24) is 4.57 Å². The molecule has 0 radical (unpaired) electrons. The molecule has 1 atom stereocenters. The molecular weight excluding hydrogens is 266 g/mol. The third kappa shape index (κ3) is 1.39. The molecule has 106 valence electrons. The van der Waals surface area contributed by atoms with Crippen LogP contribution in [0.15, 0.2) is 36.6 Å². The number of fused-ring (bicyclic) bond motifs is 3. The van der Waals surface area contributed by atoms with Gasteiger partial charge in [-0.25, -0.2) is 0 Å². The summed E-state index contributed by atoms with van der Waals surface area (Å²) in [6.07, 6.45) is 1.52. The second-order valence-electron chi connectivity index (χ2n) is 5.91. The molecule has 0 amide bonds. The molecule has 0 saturated carbocycles. The number of carbonyl (C=O) groups excluding carboxylic acids is 2. The molecule has 4 heteroatoms. The second kappa shape index (κ2) is 3.85. The van der Waals surface area contributed by atoms with Crippen LogP contribution in [-0.4, -0.2) is 16.3 Å². The number of hydrogen-bond donors (Lipinski definition) is 0. The van der Waals surface area contributed by atoms with Gasteiger partial charge in [-0.3, -0.25) is 9.59 Å². The van der Waals surface area contributed by atoms with E-state index in [9.17, 15) is 9.59 Å². The fourth-order valence-corrected chi connectivity index (χ4v) is 3.71. The first-order valence-electron chi connectivity index (χ1n) is 7.06. The second-order valence-corrected chi connectivity index (χ2v) is 5.91. The van der Waals surface area contributed by atoms with E-state index >= 15 is 0 Å². The van der Waals surface area contributed by atoms with Crippen LogP contribution >= 0.6 is 0 Å². The predicted molar refractivity (Wildman–Crippen MR) is 77.9 cm³/mol. The van der Waals surface area contributed by atoms with Gasteiger partial charge in [-0.2, -0.15) is 0 Å². The Morgan fingerprint density at radius 3 is 2.76 bits per heavy atom. The zero-order valence-electron chi connectivity index (χ0n) is 11.8. The van der Waals surface area contributed by atoms with Gasteiger partial charge in [-0.15, -0.1) is 0 Å². The van der Waals surface area contributed by atoms with E-state index in [1.54, 1.807) is 0 Å². The Morgan fingerprint density at radius 1 is 1.29 bits per heavy atom. The molecule has 1 aromatic heterocycles. The number of aryl methyl sites for hydroxylation is 1. The lowest BCUT2D eigenvalue weighted by Gasteiger charge is -2.27. The number of carbonyl (C=O) groups is 2. The van der Waals surface area contributed by atoms with Gasteiger partial charge in [0.05, 0.1) is 0 Å². The van der Waals surface area contributed by atoms with Gasteiger partial charge in [0.2, 0.25) is 0 Å². The van der Waals surface area contributed by atoms with Gasteiger partial charge in [-0.05, 0) is 18.9 Å². The minimum atomic E-state index is -1.05. The standard InChI is InChI=1S/C17H15NO3/c1-10-9-17(16(20)21-10)8-7-13-14(15(17)19)11-5-3-4-6-12(11)18(13)2/h3-6H,1,7-9H2,2H3. The number of ketones is 1. The van der Waals surface area contributed by atoms with Gasteiger partial charge in [0.1, 0.15) is 11.2 Å². The smallest absolute Gasteiger partial charge is 0.325 e. The Balaban J connectivity index is 1.99. The summed E-state index contributed by atoms with van der Waals surface area (Å²) in [6, 6.07) is 7.82. The van der Waals surface area contributed by atoms with Crippen molar-refractivity contribution in [1.29, 1.82) is 0 Å². The molecule has 1 saturated heterocycles. The monoisotopic (exact) mass is 281 g/mol. The molecule has 1 aliphatic heterocycles. The van der Waals surface area contributed by atoms with Crippen LogP contribution in [0.1, 0.15) is 28.9 Å². The first kappa shape index (κ1) is 12.4. The van der Waals surface area contributed by atoms with Crippen molar-refractivity contribution < 1.29 is 14.3 Å². The first-order valence-corrected chi connectivity index (χ1v) is 7.06. The summed E-state index contributed by atoms with van der Waals surface area (Å²) in [5.74, 6) is -0.141. The summed E-state index contributed by atoms with van der Waals surface area (Å²) in [5, 5.41) is 0.921. The zero-order chi connectivity index (χ0) is 14.8. The molecule has 1 spiro atoms. The third-order valence-corrected chi connectivity index (χ3v) is 4.81. The lowest BCUT2D eigenvalue weighted by atomic mass is 9.70. The molecule has 21 heavy (non-hydrogen) atoms. The van der Waals surface area contributed by atoms with Crippen LogP contribution < -0.4 is 0 Å². The van der Waals surface area contributed by atoms with Crippen molar-refractivity contribution in [2.45, 2.75) is 19.3 Å². The van der Waals surface area contributed by atoms with E-state index in [1.807, 2.05) is 31.3 Å². The van der Waals surface area contributed by atoms with Crippen molar-refractivity contribution in [2.24, 2.45) is 12.5 Å². The third-order valence-electron chi connectivity index (χ3n) is 4.81. The largest absolute Gasteiger partial charge is 0.431 e. The van der Waals surface area contributed by atoms with Gasteiger partial charge in [0, 0.05) is 35.6 Å². The summed E-state index contributed by atoms with van der Waals surface area (Å²) < 4.78 is 7.16.